The average Bonchev–Trinajstić information content (AvgIpc) is 2.76. The number of nitrogens with zero attached hydrogens (tertiary/aromatic N) is 3. The van der Waals surface area contributed by atoms with Crippen molar-refractivity contribution in [2.75, 3.05) is 39.8 Å². The zero-order valence-corrected chi connectivity index (χ0v) is 16.8. The molecule has 3 rings (SSSR count). The van der Waals surface area contributed by atoms with Crippen LogP contribution in [0.4, 0.5) is 0 Å². The first-order chi connectivity index (χ1) is 13.9. The molecule has 0 bridgehead atoms. The van der Waals surface area contributed by atoms with E-state index in [1.807, 2.05) is 0 Å². The molecule has 9 nitrogen and oxygen atoms in total. The van der Waals surface area contributed by atoms with Gasteiger partial charge in [0.1, 0.15) is 0 Å². The van der Waals surface area contributed by atoms with Gasteiger partial charge in [-0.3, -0.25) is 9.59 Å². The number of ether oxygens (including phenoxy) is 1. The van der Waals surface area contributed by atoms with Gasteiger partial charge in [-0.25, -0.2) is 13.4 Å². The molecule has 1 N–H and O–H groups in total. The minimum Gasteiger partial charge on any atom is -0.481 e. The number of hydrogen-bond acceptors (Lipinski definition) is 6. The lowest BCUT2D eigenvalue weighted by Gasteiger charge is -2.34. The number of nitrogens with one attached hydrogen (secondary N) is 1. The molecule has 1 aromatic heterocycles. The smallest absolute Gasteiger partial charge is 0.243 e. The molecule has 154 valence electrons. The van der Waals surface area contributed by atoms with E-state index in [0.29, 0.717) is 16.7 Å². The molecule has 2 amide bonds. The second-order valence-electron chi connectivity index (χ2n) is 6.38. The highest BCUT2D eigenvalue weighted by Crippen LogP contribution is 2.30. The topological polar surface area (TPSA) is 109 Å². The molecule has 1 aliphatic heterocycles. The van der Waals surface area contributed by atoms with E-state index in [-0.39, 0.29) is 43.5 Å². The number of methoxy groups -OCH3 is 1. The fraction of sp³-hybridized carbons (Fsp3) is 0.316. The number of aromatic nitrogens is 1. The van der Waals surface area contributed by atoms with E-state index < -0.39 is 15.9 Å². The summed E-state index contributed by atoms with van der Waals surface area (Å²) >= 11 is 0. The fourth-order valence-electron chi connectivity index (χ4n) is 3.20. The van der Waals surface area contributed by atoms with Crippen LogP contribution in [0.2, 0.25) is 0 Å². The van der Waals surface area contributed by atoms with Crippen molar-refractivity contribution in [3.8, 4) is 5.88 Å². The first-order valence-corrected chi connectivity index (χ1v) is 10.4. The Kier molecular flexibility index (Phi) is 6.14. The van der Waals surface area contributed by atoms with Gasteiger partial charge in [0, 0.05) is 43.1 Å². The van der Waals surface area contributed by atoms with Gasteiger partial charge in [0.2, 0.25) is 27.7 Å². The zero-order chi connectivity index (χ0) is 21.0. The summed E-state index contributed by atoms with van der Waals surface area (Å²) in [6, 6.07) is 6.61. The van der Waals surface area contributed by atoms with Crippen molar-refractivity contribution < 1.29 is 22.7 Å². The van der Waals surface area contributed by atoms with E-state index in [1.165, 1.54) is 22.5 Å². The van der Waals surface area contributed by atoms with Gasteiger partial charge in [0.15, 0.2) is 0 Å². The number of carbonyl (C=O) groups excluding carboxylic acids is 2. The molecule has 1 saturated heterocycles. The van der Waals surface area contributed by atoms with E-state index in [0.717, 1.165) is 6.08 Å². The van der Waals surface area contributed by atoms with Crippen LogP contribution >= 0.6 is 0 Å². The Morgan fingerprint density at radius 2 is 1.93 bits per heavy atom. The van der Waals surface area contributed by atoms with Crippen molar-refractivity contribution in [1.29, 1.82) is 0 Å². The summed E-state index contributed by atoms with van der Waals surface area (Å²) in [6.45, 7) is 4.01. The second kappa shape index (κ2) is 8.58. The maximum absolute atomic E-state index is 13.2. The average molecular weight is 418 g/mol. The highest BCUT2D eigenvalue weighted by atomic mass is 32.2. The van der Waals surface area contributed by atoms with Crippen LogP contribution in [-0.4, -0.2) is 74.3 Å². The van der Waals surface area contributed by atoms with E-state index in [9.17, 15) is 18.0 Å². The number of hydrogen-bond donors (Lipinski definition) is 1. The van der Waals surface area contributed by atoms with Crippen LogP contribution in [0.15, 0.2) is 48.0 Å². The van der Waals surface area contributed by atoms with Crippen LogP contribution < -0.4 is 10.1 Å². The van der Waals surface area contributed by atoms with Gasteiger partial charge in [0.05, 0.1) is 18.6 Å². The summed E-state index contributed by atoms with van der Waals surface area (Å²) in [6.07, 6.45) is 2.60. The molecule has 2 aromatic rings. The molecule has 1 fully saturated rings. The first-order valence-electron chi connectivity index (χ1n) is 8.98. The molecule has 0 unspecified atom stereocenters. The number of rotatable bonds is 6. The third kappa shape index (κ3) is 4.22. The van der Waals surface area contributed by atoms with Crippen molar-refractivity contribution in [2.45, 2.75) is 4.90 Å². The largest absolute Gasteiger partial charge is 0.481 e. The van der Waals surface area contributed by atoms with Crippen LogP contribution in [0.3, 0.4) is 0 Å². The molecular weight excluding hydrogens is 396 g/mol. The van der Waals surface area contributed by atoms with Gasteiger partial charge < -0.3 is 15.0 Å². The van der Waals surface area contributed by atoms with Crippen molar-refractivity contribution in [3.05, 3.63) is 43.1 Å². The van der Waals surface area contributed by atoms with Gasteiger partial charge in [-0.15, -0.1) is 0 Å². The summed E-state index contributed by atoms with van der Waals surface area (Å²) < 4.78 is 33.0. The number of carbonyl (C=O) groups is 2. The van der Waals surface area contributed by atoms with Crippen LogP contribution in [0.5, 0.6) is 5.88 Å². The normalized spacial score (nSPS) is 15.1. The van der Waals surface area contributed by atoms with E-state index in [4.69, 9.17) is 4.74 Å². The van der Waals surface area contributed by atoms with Gasteiger partial charge in [-0.05, 0) is 24.3 Å². The molecule has 0 aliphatic carbocycles. The summed E-state index contributed by atoms with van der Waals surface area (Å²) in [5.74, 6) is -0.338. The standard InChI is InChI=1S/C19H22N4O5S/c1-3-17(24)21-13-18(25)22-9-11-23(12-10-22)29(26,27)16-6-4-5-15-14(16)7-8-20-19(15)28-2/h3-8H,1,9-13H2,2H3,(H,21,24). The predicted molar refractivity (Wildman–Crippen MR) is 107 cm³/mol. The van der Waals surface area contributed by atoms with Crippen LogP contribution in [0, 0.1) is 0 Å². The Labute approximate surface area is 169 Å². The molecule has 2 heterocycles. The van der Waals surface area contributed by atoms with Gasteiger partial charge in [0.25, 0.3) is 0 Å². The number of benzene rings is 1. The Hall–Kier alpha value is -2.98. The van der Waals surface area contributed by atoms with Gasteiger partial charge in [-0.1, -0.05) is 12.6 Å². The summed E-state index contributed by atoms with van der Waals surface area (Å²) in [5, 5.41) is 3.58. The van der Waals surface area contributed by atoms with Gasteiger partial charge >= 0.3 is 0 Å². The minimum atomic E-state index is -3.76. The first kappa shape index (κ1) is 20.7. The number of piperazine rings is 1. The molecule has 0 radical (unpaired) electrons. The molecule has 0 atom stereocenters. The molecular formula is C19H22N4O5S. The predicted octanol–water partition coefficient (Wildman–Crippen LogP) is 0.379. The van der Waals surface area contributed by atoms with Crippen molar-refractivity contribution >= 4 is 32.6 Å². The monoisotopic (exact) mass is 418 g/mol. The maximum Gasteiger partial charge on any atom is 0.243 e. The SMILES string of the molecule is C=CC(=O)NCC(=O)N1CCN(S(=O)(=O)c2cccc3c(OC)nccc23)CC1. The molecule has 1 aliphatic rings. The molecule has 1 aromatic carbocycles. The lowest BCUT2D eigenvalue weighted by Crippen LogP contribution is -2.52. The van der Waals surface area contributed by atoms with E-state index in [2.05, 4.69) is 16.9 Å². The van der Waals surface area contributed by atoms with E-state index >= 15 is 0 Å². The minimum absolute atomic E-state index is 0.145. The summed E-state index contributed by atoms with van der Waals surface area (Å²) in [7, 11) is -2.28. The maximum atomic E-state index is 13.2. The number of fused-ring (bicyclic) bond motifs is 1. The zero-order valence-electron chi connectivity index (χ0n) is 16.0. The highest BCUT2D eigenvalue weighted by Gasteiger charge is 2.31. The molecule has 29 heavy (non-hydrogen) atoms. The fourth-order valence-corrected chi connectivity index (χ4v) is 4.83. The highest BCUT2D eigenvalue weighted by molar-refractivity contribution is 7.89. The molecule has 10 heteroatoms. The van der Waals surface area contributed by atoms with Gasteiger partial charge in [-0.2, -0.15) is 4.31 Å². The van der Waals surface area contributed by atoms with Crippen molar-refractivity contribution in [1.82, 2.24) is 19.5 Å². The summed E-state index contributed by atoms with van der Waals surface area (Å²) in [4.78, 5) is 29.2. The Bertz CT molecular complexity index is 1050. The Morgan fingerprint density at radius 1 is 1.21 bits per heavy atom. The van der Waals surface area contributed by atoms with Crippen LogP contribution in [0.1, 0.15) is 0 Å². The van der Waals surface area contributed by atoms with E-state index in [1.54, 1.807) is 24.3 Å². The van der Waals surface area contributed by atoms with Crippen LogP contribution in [-0.2, 0) is 19.6 Å². The molecule has 0 saturated carbocycles. The number of sulfonamides is 1. The third-order valence-corrected chi connectivity index (χ3v) is 6.69. The third-order valence-electron chi connectivity index (χ3n) is 4.73. The second-order valence-corrected chi connectivity index (χ2v) is 8.28. The van der Waals surface area contributed by atoms with Crippen LogP contribution in [0.25, 0.3) is 10.8 Å². The Morgan fingerprint density at radius 3 is 2.59 bits per heavy atom. The number of amides is 2. The molecule has 0 spiro atoms. The lowest BCUT2D eigenvalue weighted by molar-refractivity contribution is -0.133. The van der Waals surface area contributed by atoms with Crippen molar-refractivity contribution in [3.63, 3.8) is 0 Å². The number of pyridine rings is 1. The quantitative estimate of drug-likeness (QED) is 0.680. The van der Waals surface area contributed by atoms with Crippen molar-refractivity contribution in [2.24, 2.45) is 0 Å². The summed E-state index contributed by atoms with van der Waals surface area (Å²) in [5.41, 5.74) is 0. The lowest BCUT2D eigenvalue weighted by atomic mass is 10.2. The Balaban J connectivity index is 1.76.